The molecule has 2 aromatic carbocycles. The van der Waals surface area contributed by atoms with Gasteiger partial charge in [-0.1, -0.05) is 12.1 Å². The first-order valence-electron chi connectivity index (χ1n) is 12.1. The van der Waals surface area contributed by atoms with Crippen LogP contribution in [0.5, 0.6) is 11.6 Å². The highest BCUT2D eigenvalue weighted by Crippen LogP contribution is 2.31. The molecule has 11 heteroatoms. The number of carbonyl (C=O) groups is 1. The number of ether oxygens (including phenoxy) is 1. The van der Waals surface area contributed by atoms with Crippen molar-refractivity contribution in [2.75, 3.05) is 11.9 Å². The van der Waals surface area contributed by atoms with E-state index in [0.717, 1.165) is 24.0 Å². The highest BCUT2D eigenvalue weighted by Gasteiger charge is 2.27. The number of amides is 1. The number of hydrogen-bond acceptors (Lipinski definition) is 5. The number of halogens is 4. The zero-order chi connectivity index (χ0) is 27.0. The third kappa shape index (κ3) is 5.71. The van der Waals surface area contributed by atoms with Gasteiger partial charge in [-0.15, -0.1) is 5.10 Å². The Labute approximate surface area is 215 Å². The SMILES string of the molecule is Cc1ccc(F)c(Oc2cc(NCCC(F)(F)F)c3ncc(-c4ccc(C(=O)NC5CC5)c(C)c4)n3n2)c1. The second kappa shape index (κ2) is 9.96. The number of anilines is 1. The first-order valence-corrected chi connectivity index (χ1v) is 12.1. The Morgan fingerprint density at radius 2 is 1.92 bits per heavy atom. The van der Waals surface area contributed by atoms with Crippen molar-refractivity contribution in [2.45, 2.75) is 45.3 Å². The highest BCUT2D eigenvalue weighted by molar-refractivity contribution is 5.96. The summed E-state index contributed by atoms with van der Waals surface area (Å²) < 4.78 is 59.9. The van der Waals surface area contributed by atoms with Crippen molar-refractivity contribution in [2.24, 2.45) is 0 Å². The first kappa shape index (κ1) is 25.5. The standard InChI is InChI=1S/C27H25F4N5O2/c1-15-3-8-20(28)23(11-15)38-24-13-21(32-10-9-27(29,30)31)25-33-14-22(36(25)35-24)17-4-7-19(16(2)12-17)26(37)34-18-5-6-18/h3-4,7-8,11-14,18,32H,5-6,9-10H2,1-2H3,(H,34,37). The number of hydrogen-bond donors (Lipinski definition) is 2. The zero-order valence-electron chi connectivity index (χ0n) is 20.7. The second-order valence-corrected chi connectivity index (χ2v) is 9.38. The van der Waals surface area contributed by atoms with Crippen LogP contribution in [0, 0.1) is 19.7 Å². The molecule has 7 nitrogen and oxygen atoms in total. The molecule has 0 unspecified atom stereocenters. The minimum atomic E-state index is -4.34. The molecule has 38 heavy (non-hydrogen) atoms. The van der Waals surface area contributed by atoms with Crippen LogP contribution < -0.4 is 15.4 Å². The lowest BCUT2D eigenvalue weighted by Gasteiger charge is -2.13. The summed E-state index contributed by atoms with van der Waals surface area (Å²) in [6, 6.07) is 11.3. The molecule has 198 valence electrons. The number of alkyl halides is 3. The van der Waals surface area contributed by atoms with E-state index >= 15 is 0 Å². The molecule has 0 radical (unpaired) electrons. The lowest BCUT2D eigenvalue weighted by molar-refractivity contribution is -0.131. The van der Waals surface area contributed by atoms with E-state index in [9.17, 15) is 22.4 Å². The number of fused-ring (bicyclic) bond motifs is 1. The van der Waals surface area contributed by atoms with Crippen molar-refractivity contribution < 1.29 is 27.1 Å². The maximum absolute atomic E-state index is 14.4. The number of imidazole rings is 1. The zero-order valence-corrected chi connectivity index (χ0v) is 20.7. The van der Waals surface area contributed by atoms with Crippen molar-refractivity contribution >= 4 is 17.2 Å². The second-order valence-electron chi connectivity index (χ2n) is 9.38. The summed E-state index contributed by atoms with van der Waals surface area (Å²) in [5, 5.41) is 10.2. The van der Waals surface area contributed by atoms with E-state index in [1.807, 2.05) is 13.0 Å². The summed E-state index contributed by atoms with van der Waals surface area (Å²) in [7, 11) is 0. The van der Waals surface area contributed by atoms with E-state index in [0.29, 0.717) is 16.8 Å². The van der Waals surface area contributed by atoms with Crippen molar-refractivity contribution in [1.29, 1.82) is 0 Å². The number of aromatic nitrogens is 3. The molecule has 2 N–H and O–H groups in total. The van der Waals surface area contributed by atoms with Crippen molar-refractivity contribution in [3.63, 3.8) is 0 Å². The van der Waals surface area contributed by atoms with Gasteiger partial charge in [-0.3, -0.25) is 4.79 Å². The van der Waals surface area contributed by atoms with Crippen LogP contribution in [0.2, 0.25) is 0 Å². The fraction of sp³-hybridized carbons (Fsp3) is 0.296. The average molecular weight is 528 g/mol. The number of nitrogens with one attached hydrogen (secondary N) is 2. The van der Waals surface area contributed by atoms with Gasteiger partial charge in [0.1, 0.15) is 0 Å². The van der Waals surface area contributed by atoms with E-state index in [4.69, 9.17) is 4.74 Å². The molecule has 2 aromatic heterocycles. The lowest BCUT2D eigenvalue weighted by Crippen LogP contribution is -2.26. The molecule has 2 heterocycles. The molecule has 0 aliphatic heterocycles. The van der Waals surface area contributed by atoms with Crippen molar-refractivity contribution in [3.8, 4) is 22.9 Å². The van der Waals surface area contributed by atoms with Crippen LogP contribution in [0.3, 0.4) is 0 Å². The summed E-state index contributed by atoms with van der Waals surface area (Å²) in [5.74, 6) is -0.847. The number of rotatable bonds is 8. The molecule has 1 aliphatic rings. The molecule has 0 atom stereocenters. The van der Waals surface area contributed by atoms with Crippen LogP contribution in [0.15, 0.2) is 48.7 Å². The van der Waals surface area contributed by atoms with E-state index < -0.39 is 25.0 Å². The van der Waals surface area contributed by atoms with Gasteiger partial charge in [-0.2, -0.15) is 13.2 Å². The van der Waals surface area contributed by atoms with Gasteiger partial charge in [0.15, 0.2) is 17.2 Å². The number of nitrogens with zero attached hydrogens (tertiary/aromatic N) is 3. The summed E-state index contributed by atoms with van der Waals surface area (Å²) in [6.07, 6.45) is -1.90. The van der Waals surface area contributed by atoms with Gasteiger partial charge in [0, 0.05) is 29.8 Å². The number of benzene rings is 2. The predicted molar refractivity (Wildman–Crippen MR) is 134 cm³/mol. The summed E-state index contributed by atoms with van der Waals surface area (Å²) in [4.78, 5) is 16.9. The molecule has 0 saturated heterocycles. The Hall–Kier alpha value is -4.15. The minimum absolute atomic E-state index is 0.0343. The fourth-order valence-electron chi connectivity index (χ4n) is 4.03. The highest BCUT2D eigenvalue weighted by atomic mass is 19.4. The van der Waals surface area contributed by atoms with Crippen LogP contribution in [0.4, 0.5) is 23.2 Å². The quantitative estimate of drug-likeness (QED) is 0.267. The Balaban J connectivity index is 1.53. The van der Waals surface area contributed by atoms with Crippen molar-refractivity contribution in [3.05, 3.63) is 71.2 Å². The molecular weight excluding hydrogens is 502 g/mol. The van der Waals surface area contributed by atoms with Gasteiger partial charge in [-0.05, 0) is 62.1 Å². The fourth-order valence-corrected chi connectivity index (χ4v) is 4.03. The Morgan fingerprint density at radius 1 is 1.13 bits per heavy atom. The van der Waals surface area contributed by atoms with Crippen LogP contribution in [-0.2, 0) is 0 Å². The average Bonchev–Trinajstić information content (AvgIpc) is 3.55. The van der Waals surface area contributed by atoms with Crippen LogP contribution in [0.1, 0.15) is 40.7 Å². The largest absolute Gasteiger partial charge is 0.434 e. The molecule has 0 bridgehead atoms. The van der Waals surface area contributed by atoms with E-state index in [1.165, 1.54) is 28.9 Å². The summed E-state index contributed by atoms with van der Waals surface area (Å²) >= 11 is 0. The van der Waals surface area contributed by atoms with Crippen molar-refractivity contribution in [1.82, 2.24) is 19.9 Å². The van der Waals surface area contributed by atoms with E-state index in [-0.39, 0.29) is 34.9 Å². The summed E-state index contributed by atoms with van der Waals surface area (Å²) in [5.41, 5.74) is 3.78. The number of carbonyl (C=O) groups excluding carboxylic acids is 1. The van der Waals surface area contributed by atoms with Crippen LogP contribution in [-0.4, -0.2) is 39.3 Å². The molecular formula is C27H25F4N5O2. The van der Waals surface area contributed by atoms with Crippen LogP contribution in [0.25, 0.3) is 16.9 Å². The first-order chi connectivity index (χ1) is 18.1. The predicted octanol–water partition coefficient (Wildman–Crippen LogP) is 6.20. The topological polar surface area (TPSA) is 80.5 Å². The molecule has 5 rings (SSSR count). The van der Waals surface area contributed by atoms with E-state index in [1.54, 1.807) is 25.1 Å². The smallest absolute Gasteiger partial charge is 0.390 e. The molecule has 0 spiro atoms. The van der Waals surface area contributed by atoms with Gasteiger partial charge < -0.3 is 15.4 Å². The lowest BCUT2D eigenvalue weighted by atomic mass is 10.0. The Bertz CT molecular complexity index is 1510. The minimum Gasteiger partial charge on any atom is -0.434 e. The van der Waals surface area contributed by atoms with Crippen LogP contribution >= 0.6 is 0 Å². The maximum Gasteiger partial charge on any atom is 0.390 e. The van der Waals surface area contributed by atoms with E-state index in [2.05, 4.69) is 20.7 Å². The monoisotopic (exact) mass is 527 g/mol. The van der Waals surface area contributed by atoms with Gasteiger partial charge in [-0.25, -0.2) is 13.9 Å². The number of aryl methyl sites for hydroxylation is 2. The summed E-state index contributed by atoms with van der Waals surface area (Å²) in [6.45, 7) is 3.20. The normalized spacial score (nSPS) is 13.5. The molecule has 1 amide bonds. The Kier molecular flexibility index (Phi) is 6.68. The van der Waals surface area contributed by atoms with Gasteiger partial charge in [0.05, 0.1) is 24.0 Å². The Morgan fingerprint density at radius 3 is 2.63 bits per heavy atom. The molecule has 4 aromatic rings. The third-order valence-electron chi connectivity index (χ3n) is 6.15. The molecule has 1 fully saturated rings. The maximum atomic E-state index is 14.4. The van der Waals surface area contributed by atoms with Gasteiger partial charge >= 0.3 is 6.18 Å². The van der Waals surface area contributed by atoms with Gasteiger partial charge in [0.2, 0.25) is 5.88 Å². The molecule has 1 saturated carbocycles. The van der Waals surface area contributed by atoms with Gasteiger partial charge in [0.25, 0.3) is 5.91 Å². The third-order valence-corrected chi connectivity index (χ3v) is 6.15. The molecule has 1 aliphatic carbocycles.